The summed E-state index contributed by atoms with van der Waals surface area (Å²) in [6, 6.07) is 0. The van der Waals surface area contributed by atoms with Crippen molar-refractivity contribution in [3.8, 4) is 0 Å². The van der Waals surface area contributed by atoms with Crippen LogP contribution in [0.3, 0.4) is 0 Å². The molecular formula is CH4CaEuO3. The molecule has 0 unspecified atom stereocenters. The van der Waals surface area contributed by atoms with Crippen LogP contribution in [0.5, 0.6) is 0 Å². The van der Waals surface area contributed by atoms with Crippen molar-refractivity contribution in [2.75, 3.05) is 0 Å². The van der Waals surface area contributed by atoms with Gasteiger partial charge >= 0.3 is 43.9 Å². The number of hydrogen-bond donors (Lipinski definition) is 2. The summed E-state index contributed by atoms with van der Waals surface area (Å²) in [6.45, 7) is 0. The summed E-state index contributed by atoms with van der Waals surface area (Å²) in [6.07, 6.45) is -1.83. The van der Waals surface area contributed by atoms with Gasteiger partial charge in [-0.1, -0.05) is 0 Å². The third-order valence-corrected chi connectivity index (χ3v) is 0. The van der Waals surface area contributed by atoms with Crippen LogP contribution in [0.25, 0.3) is 0 Å². The van der Waals surface area contributed by atoms with Crippen molar-refractivity contribution in [2.45, 2.75) is 0 Å². The van der Waals surface area contributed by atoms with Gasteiger partial charge in [0.2, 0.25) is 0 Å². The Balaban J connectivity index is -0.00000000750. The van der Waals surface area contributed by atoms with Crippen molar-refractivity contribution in [3.05, 3.63) is 0 Å². The Bertz CT molecular complexity index is 40.3. The van der Waals surface area contributed by atoms with Crippen LogP contribution in [0.2, 0.25) is 0 Å². The molecule has 0 heterocycles. The first-order chi connectivity index (χ1) is 1.73. The first kappa shape index (κ1) is 15.7. The van der Waals surface area contributed by atoms with Crippen LogP contribution in [0.15, 0.2) is 0 Å². The quantitative estimate of drug-likeness (QED) is 0.603. The molecule has 0 rings (SSSR count). The van der Waals surface area contributed by atoms with E-state index in [9.17, 15) is 0 Å². The summed E-state index contributed by atoms with van der Waals surface area (Å²) >= 11 is 0. The number of rotatable bonds is 0. The van der Waals surface area contributed by atoms with Crippen molar-refractivity contribution in [1.82, 2.24) is 0 Å². The normalized spacial score (nSPS) is 4.00. The number of carbonyl (C=O) groups is 1. The molecule has 0 aromatic rings. The fraction of sp³-hybridized carbons (Fsp3) is 0. The maximum Gasteiger partial charge on any atom is 2.00 e. The van der Waals surface area contributed by atoms with Gasteiger partial charge in [0.05, 0.1) is 0 Å². The molecule has 0 bridgehead atoms. The van der Waals surface area contributed by atoms with E-state index in [1.165, 1.54) is 0 Å². The van der Waals surface area contributed by atoms with Crippen molar-refractivity contribution in [2.24, 2.45) is 0 Å². The van der Waals surface area contributed by atoms with Crippen LogP contribution < -0.4 is 0 Å². The molecule has 1 radical (unpaired) electrons. The Kier molecular flexibility index (Phi) is 26.6. The van der Waals surface area contributed by atoms with Crippen LogP contribution >= 0.6 is 0 Å². The molecule has 0 aliphatic carbocycles. The van der Waals surface area contributed by atoms with Gasteiger partial charge < -0.3 is 13.1 Å². The second-order valence-corrected chi connectivity index (χ2v) is 0.283. The molecule has 3 nitrogen and oxygen atoms in total. The van der Waals surface area contributed by atoms with Crippen LogP contribution in [0, 0.1) is 49.4 Å². The topological polar surface area (TPSA) is 57.5 Å². The second-order valence-electron chi connectivity index (χ2n) is 0.283. The fourth-order valence-electron chi connectivity index (χ4n) is 0. The molecule has 6 heavy (non-hydrogen) atoms. The summed E-state index contributed by atoms with van der Waals surface area (Å²) in [7, 11) is 0. The van der Waals surface area contributed by atoms with E-state index < -0.39 is 6.16 Å². The predicted molar refractivity (Wildman–Crippen MR) is 18.6 cm³/mol. The first-order valence-corrected chi connectivity index (χ1v) is 0.651. The van der Waals surface area contributed by atoms with E-state index in [4.69, 9.17) is 15.0 Å². The molecule has 0 aliphatic heterocycles. The van der Waals surface area contributed by atoms with Crippen LogP contribution in [-0.4, -0.2) is 54.1 Å². The zero-order valence-electron chi connectivity index (χ0n) is 4.89. The Morgan fingerprint density at radius 1 is 1.50 bits per heavy atom. The van der Waals surface area contributed by atoms with Gasteiger partial charge in [0.15, 0.2) is 0 Å². The van der Waals surface area contributed by atoms with Crippen molar-refractivity contribution >= 4 is 43.9 Å². The van der Waals surface area contributed by atoms with Crippen molar-refractivity contribution in [1.29, 1.82) is 0 Å². The van der Waals surface area contributed by atoms with Crippen molar-refractivity contribution in [3.63, 3.8) is 0 Å². The standard InChI is InChI=1S/CH2O3.Ca.Eu.2H/c2-1(3)4;;;;/h(H2,2,3,4);;;;/q;+2;;2*-1. The van der Waals surface area contributed by atoms with E-state index in [1.807, 2.05) is 0 Å². The molecular weight excluding hydrogens is 252 g/mol. The van der Waals surface area contributed by atoms with E-state index in [0.29, 0.717) is 0 Å². The maximum absolute atomic E-state index is 8.56. The van der Waals surface area contributed by atoms with Gasteiger partial charge in [-0.25, -0.2) is 4.79 Å². The second kappa shape index (κ2) is 10.2. The maximum atomic E-state index is 8.56. The van der Waals surface area contributed by atoms with Gasteiger partial charge in [-0.2, -0.15) is 0 Å². The van der Waals surface area contributed by atoms with Crippen molar-refractivity contribution < 1.29 is 67.2 Å². The molecule has 0 saturated heterocycles. The average molecular weight is 256 g/mol. The fourth-order valence-corrected chi connectivity index (χ4v) is 0. The average Bonchev–Trinajstić information content (AvgIpc) is 0.811. The Morgan fingerprint density at radius 2 is 1.50 bits per heavy atom. The Morgan fingerprint density at radius 3 is 1.50 bits per heavy atom. The van der Waals surface area contributed by atoms with E-state index in [1.54, 1.807) is 0 Å². The number of carboxylic acid groups (broad SMARTS) is 2. The molecule has 5 heteroatoms. The summed E-state index contributed by atoms with van der Waals surface area (Å²) in [4.78, 5) is 8.56. The largest absolute Gasteiger partial charge is 2.00 e. The molecule has 0 atom stereocenters. The molecule has 0 spiro atoms. The molecule has 35 valence electrons. The van der Waals surface area contributed by atoms with Gasteiger partial charge in [0, 0.05) is 49.4 Å². The minimum absolute atomic E-state index is 0. The zero-order chi connectivity index (χ0) is 3.58. The summed E-state index contributed by atoms with van der Waals surface area (Å²) in [5, 5.41) is 13.9. The van der Waals surface area contributed by atoms with Crippen LogP contribution in [0.4, 0.5) is 4.79 Å². The molecule has 0 aromatic heterocycles. The smallest absolute Gasteiger partial charge is 1.00 e. The van der Waals surface area contributed by atoms with Gasteiger partial charge in [-0.3, -0.25) is 0 Å². The molecule has 0 aromatic carbocycles. The third kappa shape index (κ3) is 35.8. The van der Waals surface area contributed by atoms with E-state index in [2.05, 4.69) is 0 Å². The Hall–Kier alpha value is 2.11. The third-order valence-electron chi connectivity index (χ3n) is 0. The zero-order valence-corrected chi connectivity index (χ0v) is 7.52. The molecule has 0 aliphatic rings. The van der Waals surface area contributed by atoms with Gasteiger partial charge in [-0.15, -0.1) is 0 Å². The van der Waals surface area contributed by atoms with E-state index >= 15 is 0 Å². The molecule has 0 saturated carbocycles. The number of hydrogen-bond acceptors (Lipinski definition) is 1. The van der Waals surface area contributed by atoms with E-state index in [0.717, 1.165) is 0 Å². The van der Waals surface area contributed by atoms with Gasteiger partial charge in [0.1, 0.15) is 0 Å². The van der Waals surface area contributed by atoms with E-state index in [-0.39, 0.29) is 90.0 Å². The SMILES string of the molecule is O=C(O)O.[Ca+2].[Eu].[H-].[H-]. The van der Waals surface area contributed by atoms with Gasteiger partial charge in [0.25, 0.3) is 0 Å². The monoisotopic (exact) mass is 257 g/mol. The molecule has 2 N–H and O–H groups in total. The molecule has 0 fully saturated rings. The Labute approximate surface area is 109 Å². The van der Waals surface area contributed by atoms with Gasteiger partial charge in [-0.05, 0) is 0 Å². The summed E-state index contributed by atoms with van der Waals surface area (Å²) in [5.41, 5.74) is 0. The predicted octanol–water partition coefficient (Wildman–Crippen LogP) is 0.0666. The minimum atomic E-state index is -1.83. The summed E-state index contributed by atoms with van der Waals surface area (Å²) < 4.78 is 0. The minimum Gasteiger partial charge on any atom is -1.00 e. The van der Waals surface area contributed by atoms with Crippen LogP contribution in [0.1, 0.15) is 2.85 Å². The molecule has 0 amide bonds. The summed E-state index contributed by atoms with van der Waals surface area (Å²) in [5.74, 6) is 0. The van der Waals surface area contributed by atoms with Crippen LogP contribution in [-0.2, 0) is 0 Å². The first-order valence-electron chi connectivity index (χ1n) is 0.651.